The zero-order chi connectivity index (χ0) is 16.5. The Balaban J connectivity index is 2.15. The van der Waals surface area contributed by atoms with Crippen LogP contribution >= 0.6 is 0 Å². The topological polar surface area (TPSA) is 113 Å². The molecule has 0 radical (unpaired) electrons. The Kier molecular flexibility index (Phi) is 9.47. The molecule has 1 fully saturated rings. The van der Waals surface area contributed by atoms with E-state index in [0.29, 0.717) is 6.54 Å². The minimum Gasteiger partial charge on any atom is -0.389 e. The van der Waals surface area contributed by atoms with E-state index in [9.17, 15) is 25.5 Å². The number of unbranched alkanes of at least 4 members (excludes halogenated alkanes) is 7. The van der Waals surface area contributed by atoms with Gasteiger partial charge in [-0.15, -0.1) is 0 Å². The molecule has 0 bridgehead atoms. The van der Waals surface area contributed by atoms with E-state index in [1.165, 1.54) is 38.5 Å². The number of rotatable bonds is 10. The Bertz CT molecular complexity index is 276. The first-order valence-corrected chi connectivity index (χ1v) is 8.64. The van der Waals surface area contributed by atoms with Gasteiger partial charge in [-0.25, -0.2) is 0 Å². The third kappa shape index (κ3) is 5.76. The summed E-state index contributed by atoms with van der Waals surface area (Å²) in [5, 5.41) is 51.5. The van der Waals surface area contributed by atoms with Gasteiger partial charge in [0, 0.05) is 0 Å². The van der Waals surface area contributed by atoms with Crippen LogP contribution in [0, 0.1) is 0 Å². The summed E-state index contributed by atoms with van der Waals surface area (Å²) in [5.74, 6) is 0. The predicted octanol–water partition coefficient (Wildman–Crippen LogP) is -0.0966. The average Bonchev–Trinajstić information content (AvgIpc) is 2.52. The van der Waals surface area contributed by atoms with Gasteiger partial charge in [0.15, 0.2) is 0 Å². The van der Waals surface area contributed by atoms with Crippen LogP contribution in [0.3, 0.4) is 0 Å². The SMILES string of the molecule is CCCCCCCCCCNC1[C@@H](O)[C@H](O)C(O)[C@H](O)[C@H]1O. The van der Waals surface area contributed by atoms with Crippen LogP contribution in [-0.2, 0) is 0 Å². The molecule has 1 aliphatic rings. The molecule has 6 atom stereocenters. The van der Waals surface area contributed by atoms with Gasteiger partial charge in [0.2, 0.25) is 0 Å². The zero-order valence-corrected chi connectivity index (χ0v) is 13.6. The van der Waals surface area contributed by atoms with Crippen LogP contribution in [0.5, 0.6) is 0 Å². The maximum atomic E-state index is 9.88. The van der Waals surface area contributed by atoms with Gasteiger partial charge in [-0.1, -0.05) is 51.9 Å². The molecule has 0 saturated heterocycles. The zero-order valence-electron chi connectivity index (χ0n) is 13.6. The molecular weight excluding hydrogens is 286 g/mol. The summed E-state index contributed by atoms with van der Waals surface area (Å²) < 4.78 is 0. The van der Waals surface area contributed by atoms with Crippen molar-refractivity contribution in [3.8, 4) is 0 Å². The lowest BCUT2D eigenvalue weighted by Gasteiger charge is -2.42. The molecule has 1 aliphatic carbocycles. The first-order chi connectivity index (χ1) is 10.5. The van der Waals surface area contributed by atoms with Gasteiger partial charge in [-0.2, -0.15) is 0 Å². The van der Waals surface area contributed by atoms with Gasteiger partial charge in [0.1, 0.15) is 30.5 Å². The standard InChI is InChI=1S/C16H33NO5/c1-2-3-4-5-6-7-8-9-10-17-11-12(18)14(20)16(22)15(21)13(11)19/h11-22H,2-10H2,1H3/t11?,12-,13+,14+,15-,16?. The van der Waals surface area contributed by atoms with Gasteiger partial charge >= 0.3 is 0 Å². The van der Waals surface area contributed by atoms with Crippen LogP contribution in [0.1, 0.15) is 58.3 Å². The molecule has 0 aromatic carbocycles. The van der Waals surface area contributed by atoms with Crippen molar-refractivity contribution in [3.63, 3.8) is 0 Å². The fourth-order valence-corrected chi connectivity index (χ4v) is 3.00. The van der Waals surface area contributed by atoms with Crippen molar-refractivity contribution >= 4 is 0 Å². The van der Waals surface area contributed by atoms with Crippen molar-refractivity contribution in [1.82, 2.24) is 5.32 Å². The monoisotopic (exact) mass is 319 g/mol. The lowest BCUT2D eigenvalue weighted by atomic mass is 9.83. The molecule has 0 aromatic heterocycles. The van der Waals surface area contributed by atoms with Gasteiger partial charge < -0.3 is 30.8 Å². The second kappa shape index (κ2) is 10.5. The van der Waals surface area contributed by atoms with E-state index in [1.54, 1.807) is 0 Å². The average molecular weight is 319 g/mol. The number of nitrogens with one attached hydrogen (secondary N) is 1. The van der Waals surface area contributed by atoms with E-state index in [0.717, 1.165) is 12.8 Å². The minimum atomic E-state index is -1.52. The molecule has 0 spiro atoms. The summed E-state index contributed by atoms with van der Waals surface area (Å²) in [4.78, 5) is 0. The summed E-state index contributed by atoms with van der Waals surface area (Å²) in [7, 11) is 0. The normalized spacial score (nSPS) is 35.7. The molecule has 1 rings (SSSR count). The summed E-state index contributed by atoms with van der Waals surface area (Å²) in [6.07, 6.45) is 2.52. The molecule has 0 amide bonds. The maximum Gasteiger partial charge on any atom is 0.111 e. The van der Waals surface area contributed by atoms with E-state index < -0.39 is 36.6 Å². The molecule has 0 heterocycles. The molecular formula is C16H33NO5. The highest BCUT2D eigenvalue weighted by atomic mass is 16.4. The number of hydrogen-bond acceptors (Lipinski definition) is 6. The minimum absolute atomic E-state index is 0.600. The van der Waals surface area contributed by atoms with E-state index in [4.69, 9.17) is 0 Å². The third-order valence-corrected chi connectivity index (χ3v) is 4.55. The molecule has 132 valence electrons. The molecule has 6 nitrogen and oxygen atoms in total. The predicted molar refractivity (Wildman–Crippen MR) is 84.4 cm³/mol. The Morgan fingerprint density at radius 3 is 1.50 bits per heavy atom. The summed E-state index contributed by atoms with van der Waals surface area (Å²) in [5.41, 5.74) is 0. The van der Waals surface area contributed by atoms with Crippen LogP contribution in [0.2, 0.25) is 0 Å². The first kappa shape index (κ1) is 19.8. The molecule has 1 saturated carbocycles. The lowest BCUT2D eigenvalue weighted by molar-refractivity contribution is -0.190. The number of aliphatic hydroxyl groups is 5. The number of hydrogen-bond donors (Lipinski definition) is 6. The van der Waals surface area contributed by atoms with Gasteiger partial charge in [0.25, 0.3) is 0 Å². The number of aliphatic hydroxyl groups excluding tert-OH is 5. The Hall–Kier alpha value is -0.240. The van der Waals surface area contributed by atoms with E-state index >= 15 is 0 Å². The Morgan fingerprint density at radius 2 is 1.00 bits per heavy atom. The molecule has 0 aromatic rings. The first-order valence-electron chi connectivity index (χ1n) is 8.64. The third-order valence-electron chi connectivity index (χ3n) is 4.55. The lowest BCUT2D eigenvalue weighted by Crippen LogP contribution is -2.67. The van der Waals surface area contributed by atoms with Crippen LogP contribution in [0.25, 0.3) is 0 Å². The Labute approximate surface area is 133 Å². The quantitative estimate of drug-likeness (QED) is 0.314. The van der Waals surface area contributed by atoms with Crippen molar-refractivity contribution in [1.29, 1.82) is 0 Å². The van der Waals surface area contributed by atoms with Gasteiger partial charge in [-0.05, 0) is 13.0 Å². The summed E-state index contributed by atoms with van der Waals surface area (Å²) in [6, 6.07) is -0.821. The maximum absolute atomic E-state index is 9.88. The fourth-order valence-electron chi connectivity index (χ4n) is 3.00. The molecule has 22 heavy (non-hydrogen) atoms. The van der Waals surface area contributed by atoms with E-state index in [2.05, 4.69) is 12.2 Å². The van der Waals surface area contributed by atoms with Crippen molar-refractivity contribution < 1.29 is 25.5 Å². The van der Waals surface area contributed by atoms with Crippen LogP contribution in [0.4, 0.5) is 0 Å². The summed E-state index contributed by atoms with van der Waals surface area (Å²) in [6.45, 7) is 2.80. The molecule has 0 aliphatic heterocycles. The van der Waals surface area contributed by atoms with Crippen LogP contribution in [-0.4, -0.2) is 68.6 Å². The molecule has 6 N–H and O–H groups in total. The van der Waals surface area contributed by atoms with Gasteiger partial charge in [-0.3, -0.25) is 0 Å². The van der Waals surface area contributed by atoms with E-state index in [-0.39, 0.29) is 0 Å². The highest BCUT2D eigenvalue weighted by Gasteiger charge is 2.47. The van der Waals surface area contributed by atoms with Crippen LogP contribution in [0.15, 0.2) is 0 Å². The highest BCUT2D eigenvalue weighted by molar-refractivity contribution is 5.01. The second-order valence-electron chi connectivity index (χ2n) is 6.41. The van der Waals surface area contributed by atoms with Crippen molar-refractivity contribution in [2.24, 2.45) is 0 Å². The second-order valence-corrected chi connectivity index (χ2v) is 6.41. The molecule has 6 heteroatoms. The molecule has 2 unspecified atom stereocenters. The van der Waals surface area contributed by atoms with Crippen LogP contribution < -0.4 is 5.32 Å². The van der Waals surface area contributed by atoms with Crippen molar-refractivity contribution in [3.05, 3.63) is 0 Å². The van der Waals surface area contributed by atoms with Crippen molar-refractivity contribution in [2.45, 2.75) is 94.9 Å². The van der Waals surface area contributed by atoms with E-state index in [1.807, 2.05) is 0 Å². The fraction of sp³-hybridized carbons (Fsp3) is 1.00. The Morgan fingerprint density at radius 1 is 0.591 bits per heavy atom. The highest BCUT2D eigenvalue weighted by Crippen LogP contribution is 2.21. The van der Waals surface area contributed by atoms with Crippen molar-refractivity contribution in [2.75, 3.05) is 6.54 Å². The smallest absolute Gasteiger partial charge is 0.111 e. The summed E-state index contributed by atoms with van der Waals surface area (Å²) >= 11 is 0. The largest absolute Gasteiger partial charge is 0.389 e. The van der Waals surface area contributed by atoms with Gasteiger partial charge in [0.05, 0.1) is 6.04 Å².